The molecule has 0 saturated heterocycles. The van der Waals surface area contributed by atoms with Crippen LogP contribution in [0.25, 0.3) is 10.8 Å². The van der Waals surface area contributed by atoms with Gasteiger partial charge in [-0.3, -0.25) is 4.79 Å². The molecular formula is C16H20N2O2. The summed E-state index contributed by atoms with van der Waals surface area (Å²) in [5.74, 6) is 0.887. The molecule has 0 bridgehead atoms. The van der Waals surface area contributed by atoms with Gasteiger partial charge in [-0.05, 0) is 23.9 Å². The van der Waals surface area contributed by atoms with E-state index in [4.69, 9.17) is 4.74 Å². The fourth-order valence-electron chi connectivity index (χ4n) is 2.24. The van der Waals surface area contributed by atoms with Crippen LogP contribution in [0.1, 0.15) is 12.5 Å². The third-order valence-electron chi connectivity index (χ3n) is 3.17. The predicted octanol–water partition coefficient (Wildman–Crippen LogP) is 2.07. The highest BCUT2D eigenvalue weighted by Crippen LogP contribution is 2.28. The lowest BCUT2D eigenvalue weighted by Crippen LogP contribution is -2.33. The predicted molar refractivity (Wildman–Crippen MR) is 80.9 cm³/mol. The van der Waals surface area contributed by atoms with Gasteiger partial charge in [-0.2, -0.15) is 0 Å². The Labute approximate surface area is 119 Å². The van der Waals surface area contributed by atoms with Crippen LogP contribution in [0.15, 0.2) is 36.4 Å². The van der Waals surface area contributed by atoms with E-state index < -0.39 is 0 Å². The molecule has 4 nitrogen and oxygen atoms in total. The molecular weight excluding hydrogens is 252 g/mol. The number of nitrogens with one attached hydrogen (secondary N) is 2. The smallest absolute Gasteiger partial charge is 0.233 e. The van der Waals surface area contributed by atoms with Crippen LogP contribution in [0.2, 0.25) is 0 Å². The van der Waals surface area contributed by atoms with Crippen molar-refractivity contribution in [3.63, 3.8) is 0 Å². The highest BCUT2D eigenvalue weighted by atomic mass is 16.5. The first-order valence-corrected chi connectivity index (χ1v) is 6.78. The molecule has 0 unspecified atom stereocenters. The molecule has 0 spiro atoms. The summed E-state index contributed by atoms with van der Waals surface area (Å²) in [4.78, 5) is 11.4. The van der Waals surface area contributed by atoms with Gasteiger partial charge in [0.2, 0.25) is 5.91 Å². The summed E-state index contributed by atoms with van der Waals surface area (Å²) in [6, 6.07) is 12.1. The molecule has 106 valence electrons. The van der Waals surface area contributed by atoms with Crippen LogP contribution in [-0.2, 0) is 11.3 Å². The number of hydrogen-bond donors (Lipinski definition) is 2. The minimum absolute atomic E-state index is 0.0188. The number of carbonyl (C=O) groups excluding carboxylic acids is 1. The van der Waals surface area contributed by atoms with Crippen molar-refractivity contribution >= 4 is 16.7 Å². The summed E-state index contributed by atoms with van der Waals surface area (Å²) < 4.78 is 5.37. The molecule has 0 fully saturated rings. The Morgan fingerprint density at radius 3 is 2.60 bits per heavy atom. The monoisotopic (exact) mass is 272 g/mol. The SMILES string of the molecule is CCNC(=O)CNCc1ccc(OC)c2ccccc12. The molecule has 2 rings (SSSR count). The zero-order valence-corrected chi connectivity index (χ0v) is 11.9. The van der Waals surface area contributed by atoms with Gasteiger partial charge < -0.3 is 15.4 Å². The number of methoxy groups -OCH3 is 1. The Balaban J connectivity index is 2.13. The third kappa shape index (κ3) is 3.27. The van der Waals surface area contributed by atoms with Crippen molar-refractivity contribution in [1.82, 2.24) is 10.6 Å². The lowest BCUT2D eigenvalue weighted by Gasteiger charge is -2.11. The number of fused-ring (bicyclic) bond motifs is 1. The molecule has 2 aromatic carbocycles. The number of benzene rings is 2. The highest BCUT2D eigenvalue weighted by Gasteiger charge is 2.06. The zero-order valence-electron chi connectivity index (χ0n) is 11.9. The normalized spacial score (nSPS) is 10.5. The average Bonchev–Trinajstić information content (AvgIpc) is 2.47. The van der Waals surface area contributed by atoms with Crippen LogP contribution in [0.5, 0.6) is 5.75 Å². The molecule has 0 aliphatic rings. The van der Waals surface area contributed by atoms with E-state index in [2.05, 4.69) is 16.7 Å². The minimum atomic E-state index is 0.0188. The molecule has 2 aromatic rings. The van der Waals surface area contributed by atoms with E-state index in [9.17, 15) is 4.79 Å². The molecule has 0 heterocycles. The van der Waals surface area contributed by atoms with Gasteiger partial charge in [0.15, 0.2) is 0 Å². The maximum absolute atomic E-state index is 11.4. The first-order valence-electron chi connectivity index (χ1n) is 6.78. The average molecular weight is 272 g/mol. The second-order valence-corrected chi connectivity index (χ2v) is 4.53. The first-order chi connectivity index (χ1) is 9.76. The van der Waals surface area contributed by atoms with E-state index in [1.54, 1.807) is 7.11 Å². The van der Waals surface area contributed by atoms with Crippen LogP contribution in [0.3, 0.4) is 0 Å². The maximum Gasteiger partial charge on any atom is 0.233 e. The molecule has 2 N–H and O–H groups in total. The molecule has 0 aromatic heterocycles. The van der Waals surface area contributed by atoms with Crippen LogP contribution in [-0.4, -0.2) is 26.1 Å². The van der Waals surface area contributed by atoms with Crippen LogP contribution in [0, 0.1) is 0 Å². The summed E-state index contributed by atoms with van der Waals surface area (Å²) in [5, 5.41) is 8.17. The van der Waals surface area contributed by atoms with Gasteiger partial charge in [0.1, 0.15) is 5.75 Å². The van der Waals surface area contributed by atoms with Gasteiger partial charge in [0.25, 0.3) is 0 Å². The van der Waals surface area contributed by atoms with Gasteiger partial charge >= 0.3 is 0 Å². The van der Waals surface area contributed by atoms with Gasteiger partial charge in [0, 0.05) is 18.5 Å². The lowest BCUT2D eigenvalue weighted by molar-refractivity contribution is -0.120. The minimum Gasteiger partial charge on any atom is -0.496 e. The Morgan fingerprint density at radius 1 is 1.15 bits per heavy atom. The van der Waals surface area contributed by atoms with Crippen molar-refractivity contribution in [3.05, 3.63) is 42.0 Å². The van der Waals surface area contributed by atoms with Gasteiger partial charge in [-0.1, -0.05) is 30.3 Å². The molecule has 20 heavy (non-hydrogen) atoms. The van der Waals surface area contributed by atoms with E-state index >= 15 is 0 Å². The fourth-order valence-corrected chi connectivity index (χ4v) is 2.24. The standard InChI is InChI=1S/C16H20N2O2/c1-3-18-16(19)11-17-10-12-8-9-15(20-2)14-7-5-4-6-13(12)14/h4-9,17H,3,10-11H2,1-2H3,(H,18,19). The number of carbonyl (C=O) groups is 1. The van der Waals surface area contributed by atoms with Crippen molar-refractivity contribution in [3.8, 4) is 5.75 Å². The largest absolute Gasteiger partial charge is 0.496 e. The van der Waals surface area contributed by atoms with E-state index in [1.165, 1.54) is 0 Å². The van der Waals surface area contributed by atoms with Crippen LogP contribution < -0.4 is 15.4 Å². The molecule has 0 aliphatic heterocycles. The first kappa shape index (κ1) is 14.3. The number of rotatable bonds is 6. The van der Waals surface area contributed by atoms with E-state index in [1.807, 2.05) is 37.3 Å². The van der Waals surface area contributed by atoms with E-state index in [0.29, 0.717) is 19.6 Å². The van der Waals surface area contributed by atoms with Crippen LogP contribution >= 0.6 is 0 Å². The van der Waals surface area contributed by atoms with Crippen molar-refractivity contribution in [2.45, 2.75) is 13.5 Å². The van der Waals surface area contributed by atoms with E-state index in [0.717, 1.165) is 22.1 Å². The quantitative estimate of drug-likeness (QED) is 0.846. The maximum atomic E-state index is 11.4. The molecule has 1 amide bonds. The van der Waals surface area contributed by atoms with Crippen molar-refractivity contribution in [1.29, 1.82) is 0 Å². The molecule has 4 heteroatoms. The number of ether oxygens (including phenoxy) is 1. The second kappa shape index (κ2) is 6.91. The van der Waals surface area contributed by atoms with Crippen molar-refractivity contribution in [2.75, 3.05) is 20.2 Å². The summed E-state index contributed by atoms with van der Waals surface area (Å²) >= 11 is 0. The molecule has 0 aliphatic carbocycles. The number of amides is 1. The zero-order chi connectivity index (χ0) is 14.4. The van der Waals surface area contributed by atoms with Crippen molar-refractivity contribution in [2.24, 2.45) is 0 Å². The van der Waals surface area contributed by atoms with Gasteiger partial charge in [0.05, 0.1) is 13.7 Å². The van der Waals surface area contributed by atoms with Crippen molar-refractivity contribution < 1.29 is 9.53 Å². The van der Waals surface area contributed by atoms with Gasteiger partial charge in [-0.25, -0.2) is 0 Å². The molecule has 0 atom stereocenters. The molecule has 0 radical (unpaired) electrons. The van der Waals surface area contributed by atoms with Gasteiger partial charge in [-0.15, -0.1) is 0 Å². The molecule has 0 saturated carbocycles. The Kier molecular flexibility index (Phi) is 4.96. The fraction of sp³-hybridized carbons (Fsp3) is 0.312. The number of hydrogen-bond acceptors (Lipinski definition) is 3. The lowest BCUT2D eigenvalue weighted by atomic mass is 10.0. The Hall–Kier alpha value is -2.07. The third-order valence-corrected chi connectivity index (χ3v) is 3.17. The topological polar surface area (TPSA) is 50.4 Å². The summed E-state index contributed by atoms with van der Waals surface area (Å²) in [5.41, 5.74) is 1.16. The summed E-state index contributed by atoms with van der Waals surface area (Å²) in [6.07, 6.45) is 0. The highest BCUT2D eigenvalue weighted by molar-refractivity contribution is 5.91. The Morgan fingerprint density at radius 2 is 1.90 bits per heavy atom. The van der Waals surface area contributed by atoms with Crippen LogP contribution in [0.4, 0.5) is 0 Å². The Bertz CT molecular complexity index is 596. The number of likely N-dealkylation sites (N-methyl/N-ethyl adjacent to an activating group) is 1. The van der Waals surface area contributed by atoms with E-state index in [-0.39, 0.29) is 5.91 Å². The second-order valence-electron chi connectivity index (χ2n) is 4.53. The summed E-state index contributed by atoms with van der Waals surface area (Å²) in [6.45, 7) is 3.55. The summed E-state index contributed by atoms with van der Waals surface area (Å²) in [7, 11) is 1.68.